The van der Waals surface area contributed by atoms with Crippen LogP contribution in [0.1, 0.15) is 26.3 Å². The molecular weight excluding hydrogens is 204 g/mol. The zero-order valence-electron chi connectivity index (χ0n) is 9.78. The standard InChI is InChI=1S/C13H16O3/c1-5-11(14)16-10-8-6-7-9(12(10)15)13(2,3)4/h5-8,15H,1H2,2-4H3. The van der Waals surface area contributed by atoms with Crippen LogP contribution in [-0.2, 0) is 10.2 Å². The van der Waals surface area contributed by atoms with E-state index in [2.05, 4.69) is 6.58 Å². The minimum atomic E-state index is -0.582. The number of carbonyl (C=O) groups excluding carboxylic acids is 1. The number of para-hydroxylation sites is 1. The molecule has 0 heterocycles. The van der Waals surface area contributed by atoms with Crippen LogP contribution in [0.2, 0.25) is 0 Å². The van der Waals surface area contributed by atoms with Crippen molar-refractivity contribution in [1.29, 1.82) is 0 Å². The smallest absolute Gasteiger partial charge is 0.335 e. The molecule has 0 aromatic heterocycles. The molecule has 0 saturated carbocycles. The van der Waals surface area contributed by atoms with Crippen LogP contribution in [0.3, 0.4) is 0 Å². The summed E-state index contributed by atoms with van der Waals surface area (Å²) in [6, 6.07) is 5.10. The molecule has 0 atom stereocenters. The number of esters is 1. The highest BCUT2D eigenvalue weighted by molar-refractivity contribution is 5.83. The van der Waals surface area contributed by atoms with E-state index >= 15 is 0 Å². The summed E-state index contributed by atoms with van der Waals surface area (Å²) in [5, 5.41) is 9.96. The Morgan fingerprint density at radius 3 is 2.56 bits per heavy atom. The van der Waals surface area contributed by atoms with Crippen LogP contribution in [0.25, 0.3) is 0 Å². The summed E-state index contributed by atoms with van der Waals surface area (Å²) in [7, 11) is 0. The summed E-state index contributed by atoms with van der Waals surface area (Å²) in [5.74, 6) is -0.413. The van der Waals surface area contributed by atoms with Gasteiger partial charge in [0.2, 0.25) is 0 Å². The lowest BCUT2D eigenvalue weighted by molar-refractivity contribution is -0.129. The number of carbonyl (C=O) groups is 1. The summed E-state index contributed by atoms with van der Waals surface area (Å²) in [6.07, 6.45) is 1.06. The number of hydrogen-bond acceptors (Lipinski definition) is 3. The summed E-state index contributed by atoms with van der Waals surface area (Å²) >= 11 is 0. The molecule has 0 saturated heterocycles. The molecule has 0 unspecified atom stereocenters. The Morgan fingerprint density at radius 1 is 1.44 bits per heavy atom. The maximum atomic E-state index is 11.0. The molecule has 1 rings (SSSR count). The van der Waals surface area contributed by atoms with Crippen molar-refractivity contribution in [3.63, 3.8) is 0 Å². The molecule has 0 fully saturated rings. The molecule has 1 aromatic rings. The highest BCUT2D eigenvalue weighted by atomic mass is 16.5. The van der Waals surface area contributed by atoms with Crippen molar-refractivity contribution < 1.29 is 14.6 Å². The third kappa shape index (κ3) is 2.63. The fraction of sp³-hybridized carbons (Fsp3) is 0.308. The minimum Gasteiger partial charge on any atom is -0.504 e. The van der Waals surface area contributed by atoms with Crippen molar-refractivity contribution in [3.8, 4) is 11.5 Å². The van der Waals surface area contributed by atoms with Crippen molar-refractivity contribution in [2.75, 3.05) is 0 Å². The van der Waals surface area contributed by atoms with E-state index in [1.54, 1.807) is 18.2 Å². The molecule has 3 nitrogen and oxygen atoms in total. The lowest BCUT2D eigenvalue weighted by Crippen LogP contribution is -2.12. The van der Waals surface area contributed by atoms with E-state index in [0.29, 0.717) is 0 Å². The van der Waals surface area contributed by atoms with E-state index in [4.69, 9.17) is 4.74 Å². The SMILES string of the molecule is C=CC(=O)Oc1cccc(C(C)(C)C)c1O. The van der Waals surface area contributed by atoms with Crippen LogP contribution >= 0.6 is 0 Å². The van der Waals surface area contributed by atoms with Gasteiger partial charge in [-0.25, -0.2) is 4.79 Å². The normalized spacial score (nSPS) is 10.9. The highest BCUT2D eigenvalue weighted by Gasteiger charge is 2.20. The first-order chi connectivity index (χ1) is 7.36. The molecule has 1 N–H and O–H groups in total. The van der Waals surface area contributed by atoms with E-state index in [1.807, 2.05) is 20.8 Å². The van der Waals surface area contributed by atoms with Gasteiger partial charge in [-0.1, -0.05) is 39.5 Å². The Balaban J connectivity index is 3.14. The first-order valence-corrected chi connectivity index (χ1v) is 5.03. The zero-order chi connectivity index (χ0) is 12.3. The van der Waals surface area contributed by atoms with Crippen molar-refractivity contribution in [2.24, 2.45) is 0 Å². The Morgan fingerprint density at radius 2 is 2.06 bits per heavy atom. The number of phenols is 1. The van der Waals surface area contributed by atoms with E-state index in [0.717, 1.165) is 11.6 Å². The van der Waals surface area contributed by atoms with Crippen LogP contribution in [0.4, 0.5) is 0 Å². The molecule has 0 aliphatic rings. The molecule has 0 radical (unpaired) electrons. The van der Waals surface area contributed by atoms with Crippen LogP contribution in [0.5, 0.6) is 11.5 Å². The number of ether oxygens (including phenoxy) is 1. The van der Waals surface area contributed by atoms with Gasteiger partial charge in [0.15, 0.2) is 11.5 Å². The quantitative estimate of drug-likeness (QED) is 0.473. The lowest BCUT2D eigenvalue weighted by Gasteiger charge is -2.21. The van der Waals surface area contributed by atoms with E-state index in [9.17, 15) is 9.90 Å². The van der Waals surface area contributed by atoms with Crippen LogP contribution < -0.4 is 4.74 Å². The Bertz CT molecular complexity index is 414. The van der Waals surface area contributed by atoms with Gasteiger partial charge < -0.3 is 9.84 Å². The average Bonchev–Trinajstić information content (AvgIpc) is 2.19. The Labute approximate surface area is 95.4 Å². The first-order valence-electron chi connectivity index (χ1n) is 5.03. The van der Waals surface area contributed by atoms with E-state index in [1.165, 1.54) is 0 Å². The molecule has 0 bridgehead atoms. The van der Waals surface area contributed by atoms with Gasteiger partial charge in [-0.15, -0.1) is 0 Å². The maximum Gasteiger partial charge on any atom is 0.335 e. The number of rotatable bonds is 2. The molecule has 1 aromatic carbocycles. The second-order valence-corrected chi connectivity index (χ2v) is 4.53. The molecule has 3 heteroatoms. The van der Waals surface area contributed by atoms with Gasteiger partial charge in [-0.3, -0.25) is 0 Å². The second-order valence-electron chi connectivity index (χ2n) is 4.53. The van der Waals surface area contributed by atoms with Gasteiger partial charge in [0.1, 0.15) is 0 Å². The van der Waals surface area contributed by atoms with Gasteiger partial charge in [-0.05, 0) is 11.5 Å². The van der Waals surface area contributed by atoms with E-state index in [-0.39, 0.29) is 16.9 Å². The summed E-state index contributed by atoms with van der Waals surface area (Å²) < 4.78 is 4.92. The van der Waals surface area contributed by atoms with E-state index < -0.39 is 5.97 Å². The van der Waals surface area contributed by atoms with Gasteiger partial charge in [0.25, 0.3) is 0 Å². The summed E-state index contributed by atoms with van der Waals surface area (Å²) in [4.78, 5) is 11.0. The molecule has 86 valence electrons. The van der Waals surface area contributed by atoms with Gasteiger partial charge >= 0.3 is 5.97 Å². The van der Waals surface area contributed by atoms with Crippen LogP contribution in [-0.4, -0.2) is 11.1 Å². The molecule has 16 heavy (non-hydrogen) atoms. The lowest BCUT2D eigenvalue weighted by atomic mass is 9.86. The second kappa shape index (κ2) is 4.39. The largest absolute Gasteiger partial charge is 0.504 e. The van der Waals surface area contributed by atoms with Crippen molar-refractivity contribution in [1.82, 2.24) is 0 Å². The maximum absolute atomic E-state index is 11.0. The average molecular weight is 220 g/mol. The van der Waals surface area contributed by atoms with Crippen LogP contribution in [0.15, 0.2) is 30.9 Å². The van der Waals surface area contributed by atoms with Gasteiger partial charge in [0.05, 0.1) is 0 Å². The molecule has 0 spiro atoms. The predicted octanol–water partition coefficient (Wildman–Crippen LogP) is 2.78. The third-order valence-electron chi connectivity index (χ3n) is 2.18. The Hall–Kier alpha value is -1.77. The van der Waals surface area contributed by atoms with Crippen molar-refractivity contribution in [2.45, 2.75) is 26.2 Å². The van der Waals surface area contributed by atoms with Gasteiger partial charge in [0, 0.05) is 11.6 Å². The van der Waals surface area contributed by atoms with Crippen molar-refractivity contribution >= 4 is 5.97 Å². The number of aromatic hydroxyl groups is 1. The molecule has 0 amide bonds. The molecule has 0 aliphatic carbocycles. The monoisotopic (exact) mass is 220 g/mol. The fourth-order valence-corrected chi connectivity index (χ4v) is 1.36. The Kier molecular flexibility index (Phi) is 3.38. The molecule has 0 aliphatic heterocycles. The van der Waals surface area contributed by atoms with Crippen molar-refractivity contribution in [3.05, 3.63) is 36.4 Å². The van der Waals surface area contributed by atoms with Gasteiger partial charge in [-0.2, -0.15) is 0 Å². The van der Waals surface area contributed by atoms with Crippen LogP contribution in [0, 0.1) is 0 Å². The number of hydrogen-bond donors (Lipinski definition) is 1. The fourth-order valence-electron chi connectivity index (χ4n) is 1.36. The predicted molar refractivity (Wildman–Crippen MR) is 62.6 cm³/mol. The third-order valence-corrected chi connectivity index (χ3v) is 2.18. The first kappa shape index (κ1) is 12.3. The summed E-state index contributed by atoms with van der Waals surface area (Å²) in [5.41, 5.74) is 0.530. The topological polar surface area (TPSA) is 46.5 Å². The number of phenolic OH excluding ortho intramolecular Hbond substituents is 1. The minimum absolute atomic E-state index is 0.00481. The number of benzene rings is 1. The zero-order valence-corrected chi connectivity index (χ0v) is 9.78. The molecular formula is C13H16O3. The highest BCUT2D eigenvalue weighted by Crippen LogP contribution is 2.37. The summed E-state index contributed by atoms with van der Waals surface area (Å²) in [6.45, 7) is 9.22.